The number of para-hydroxylation sites is 1. The third-order valence-electron chi connectivity index (χ3n) is 4.82. The molecule has 0 aromatic heterocycles. The summed E-state index contributed by atoms with van der Waals surface area (Å²) >= 11 is 6.19. The zero-order chi connectivity index (χ0) is 19.6. The summed E-state index contributed by atoms with van der Waals surface area (Å²) in [7, 11) is -3.74. The van der Waals surface area contributed by atoms with E-state index in [0.29, 0.717) is 24.7 Å². The van der Waals surface area contributed by atoms with Crippen molar-refractivity contribution in [3.05, 3.63) is 58.6 Å². The second kappa shape index (κ2) is 8.00. The Bertz CT molecular complexity index is 959. The number of carbonyl (C=O) groups excluding carboxylic acids is 1. The first kappa shape index (κ1) is 19.9. The smallest absolute Gasteiger partial charge is 0.255 e. The summed E-state index contributed by atoms with van der Waals surface area (Å²) in [6, 6.07) is 11.8. The number of sulfonamides is 1. The molecule has 1 aliphatic rings. The summed E-state index contributed by atoms with van der Waals surface area (Å²) in [5, 5.41) is 2.95. The van der Waals surface area contributed by atoms with Gasteiger partial charge in [0.1, 0.15) is 4.90 Å². The summed E-state index contributed by atoms with van der Waals surface area (Å²) < 4.78 is 27.6. The Labute approximate surface area is 165 Å². The number of aryl methyl sites for hydroxylation is 1. The third kappa shape index (κ3) is 4.34. The molecule has 1 saturated heterocycles. The summed E-state index contributed by atoms with van der Waals surface area (Å²) in [6.45, 7) is 4.88. The molecule has 7 heteroatoms. The lowest BCUT2D eigenvalue weighted by atomic mass is 10.0. The van der Waals surface area contributed by atoms with Crippen molar-refractivity contribution < 1.29 is 13.2 Å². The van der Waals surface area contributed by atoms with Crippen molar-refractivity contribution in [2.75, 3.05) is 18.4 Å². The Balaban J connectivity index is 1.90. The van der Waals surface area contributed by atoms with Crippen molar-refractivity contribution in [3.8, 4) is 0 Å². The molecule has 2 aromatic carbocycles. The summed E-state index contributed by atoms with van der Waals surface area (Å²) in [5.41, 5.74) is 1.87. The number of hydrogen-bond donors (Lipinski definition) is 1. The van der Waals surface area contributed by atoms with E-state index >= 15 is 0 Å². The molecule has 2 aromatic rings. The minimum absolute atomic E-state index is 0.0179. The predicted octanol–water partition coefficient (Wildman–Crippen LogP) is 4.32. The fraction of sp³-hybridized carbons (Fsp3) is 0.350. The number of halogens is 1. The summed E-state index contributed by atoms with van der Waals surface area (Å²) in [4.78, 5) is 12.6. The van der Waals surface area contributed by atoms with E-state index in [1.165, 1.54) is 22.5 Å². The van der Waals surface area contributed by atoms with Crippen LogP contribution in [0.15, 0.2) is 47.4 Å². The summed E-state index contributed by atoms with van der Waals surface area (Å²) in [5.74, 6) is -0.0655. The van der Waals surface area contributed by atoms with Crippen LogP contribution in [0.25, 0.3) is 0 Å². The minimum Gasteiger partial charge on any atom is -0.322 e. The Morgan fingerprint density at radius 2 is 1.96 bits per heavy atom. The van der Waals surface area contributed by atoms with Crippen molar-refractivity contribution in [3.63, 3.8) is 0 Å². The molecule has 1 N–H and O–H groups in total. The van der Waals surface area contributed by atoms with Crippen LogP contribution < -0.4 is 5.32 Å². The number of benzene rings is 2. The van der Waals surface area contributed by atoms with Gasteiger partial charge >= 0.3 is 0 Å². The SMILES string of the molecule is Cc1ccccc1NC(=O)c1ccc(Cl)c(S(=O)(=O)N2CCCC(C)C2)c1. The third-order valence-corrected chi connectivity index (χ3v) is 7.17. The monoisotopic (exact) mass is 406 g/mol. The quantitative estimate of drug-likeness (QED) is 0.822. The van der Waals surface area contributed by atoms with Crippen molar-refractivity contribution in [2.45, 2.75) is 31.6 Å². The molecule has 1 heterocycles. The van der Waals surface area contributed by atoms with E-state index in [1.807, 2.05) is 32.0 Å². The van der Waals surface area contributed by atoms with E-state index in [4.69, 9.17) is 11.6 Å². The normalized spacial score (nSPS) is 18.3. The van der Waals surface area contributed by atoms with Gasteiger partial charge in [0.05, 0.1) is 5.02 Å². The lowest BCUT2D eigenvalue weighted by Crippen LogP contribution is -2.39. The van der Waals surface area contributed by atoms with Gasteiger partial charge in [-0.3, -0.25) is 4.79 Å². The Morgan fingerprint density at radius 3 is 2.67 bits per heavy atom. The summed E-state index contributed by atoms with van der Waals surface area (Å²) in [6.07, 6.45) is 1.84. The first-order valence-electron chi connectivity index (χ1n) is 8.95. The number of nitrogens with zero attached hydrogens (tertiary/aromatic N) is 1. The predicted molar refractivity (Wildman–Crippen MR) is 108 cm³/mol. The van der Waals surface area contributed by atoms with Crippen molar-refractivity contribution in [2.24, 2.45) is 5.92 Å². The first-order valence-corrected chi connectivity index (χ1v) is 10.8. The zero-order valence-electron chi connectivity index (χ0n) is 15.4. The number of nitrogens with one attached hydrogen (secondary N) is 1. The average molecular weight is 407 g/mol. The van der Waals surface area contributed by atoms with Gasteiger partial charge in [-0.05, 0) is 55.5 Å². The molecule has 0 radical (unpaired) electrons. The van der Waals surface area contributed by atoms with E-state index in [1.54, 1.807) is 6.07 Å². The molecule has 27 heavy (non-hydrogen) atoms. The van der Waals surface area contributed by atoms with Crippen molar-refractivity contribution in [1.82, 2.24) is 4.31 Å². The van der Waals surface area contributed by atoms with E-state index in [2.05, 4.69) is 5.32 Å². The van der Waals surface area contributed by atoms with Crippen molar-refractivity contribution in [1.29, 1.82) is 0 Å². The number of hydrogen-bond acceptors (Lipinski definition) is 3. The van der Waals surface area contributed by atoms with E-state index < -0.39 is 10.0 Å². The molecular weight excluding hydrogens is 384 g/mol. The maximum Gasteiger partial charge on any atom is 0.255 e. The standard InChI is InChI=1S/C20H23ClN2O3S/c1-14-6-5-11-23(13-14)27(25,26)19-12-16(9-10-17(19)21)20(24)22-18-8-4-3-7-15(18)2/h3-4,7-10,12,14H,5-6,11,13H2,1-2H3,(H,22,24). The lowest BCUT2D eigenvalue weighted by molar-refractivity contribution is 0.102. The number of anilines is 1. The van der Waals surface area contributed by atoms with Gasteiger partial charge in [-0.15, -0.1) is 0 Å². The number of amides is 1. The molecule has 144 valence electrons. The number of rotatable bonds is 4. The van der Waals surface area contributed by atoms with Crippen LogP contribution in [0.1, 0.15) is 35.7 Å². The van der Waals surface area contributed by atoms with Crippen LogP contribution in [-0.4, -0.2) is 31.7 Å². The van der Waals surface area contributed by atoms with Crippen LogP contribution in [0.4, 0.5) is 5.69 Å². The maximum absolute atomic E-state index is 13.1. The zero-order valence-corrected chi connectivity index (χ0v) is 17.0. The largest absolute Gasteiger partial charge is 0.322 e. The molecular formula is C20H23ClN2O3S. The second-order valence-corrected chi connectivity index (χ2v) is 9.34. The average Bonchev–Trinajstić information content (AvgIpc) is 2.63. The van der Waals surface area contributed by atoms with Gasteiger partial charge < -0.3 is 5.32 Å². The van der Waals surface area contributed by atoms with Crippen LogP contribution in [0.3, 0.4) is 0 Å². The molecule has 0 spiro atoms. The maximum atomic E-state index is 13.1. The number of carbonyl (C=O) groups is 1. The van der Waals surface area contributed by atoms with Gasteiger partial charge in [-0.1, -0.05) is 36.7 Å². The second-order valence-electron chi connectivity index (χ2n) is 7.02. The Morgan fingerprint density at radius 1 is 1.22 bits per heavy atom. The number of piperidine rings is 1. The molecule has 5 nitrogen and oxygen atoms in total. The molecule has 1 unspecified atom stereocenters. The minimum atomic E-state index is -3.74. The molecule has 0 saturated carbocycles. The van der Waals surface area contributed by atoms with Crippen LogP contribution in [0.2, 0.25) is 5.02 Å². The first-order chi connectivity index (χ1) is 12.8. The van der Waals surface area contributed by atoms with Crippen LogP contribution in [0, 0.1) is 12.8 Å². The molecule has 0 bridgehead atoms. The van der Waals surface area contributed by atoms with Gasteiger partial charge in [0.15, 0.2) is 0 Å². The fourth-order valence-corrected chi connectivity index (χ4v) is 5.35. The van der Waals surface area contributed by atoms with Crippen LogP contribution in [-0.2, 0) is 10.0 Å². The van der Waals surface area contributed by atoms with Crippen LogP contribution in [0.5, 0.6) is 0 Å². The van der Waals surface area contributed by atoms with Gasteiger partial charge in [0.2, 0.25) is 10.0 Å². The molecule has 1 aliphatic heterocycles. The van der Waals surface area contributed by atoms with E-state index in [-0.39, 0.29) is 21.4 Å². The van der Waals surface area contributed by atoms with Gasteiger partial charge in [0.25, 0.3) is 5.91 Å². The van der Waals surface area contributed by atoms with E-state index in [0.717, 1.165) is 18.4 Å². The lowest BCUT2D eigenvalue weighted by Gasteiger charge is -2.30. The van der Waals surface area contributed by atoms with Gasteiger partial charge in [-0.25, -0.2) is 8.42 Å². The highest BCUT2D eigenvalue weighted by atomic mass is 35.5. The highest BCUT2D eigenvalue weighted by molar-refractivity contribution is 7.89. The highest BCUT2D eigenvalue weighted by Crippen LogP contribution is 2.29. The van der Waals surface area contributed by atoms with E-state index in [9.17, 15) is 13.2 Å². The molecule has 1 amide bonds. The van der Waals surface area contributed by atoms with Crippen LogP contribution >= 0.6 is 11.6 Å². The topological polar surface area (TPSA) is 66.5 Å². The van der Waals surface area contributed by atoms with Crippen molar-refractivity contribution >= 4 is 33.2 Å². The van der Waals surface area contributed by atoms with Gasteiger partial charge in [0, 0.05) is 24.3 Å². The Kier molecular flexibility index (Phi) is 5.89. The highest BCUT2D eigenvalue weighted by Gasteiger charge is 2.30. The molecule has 1 atom stereocenters. The Hall–Kier alpha value is -1.89. The molecule has 3 rings (SSSR count). The molecule has 0 aliphatic carbocycles. The molecule has 1 fully saturated rings. The van der Waals surface area contributed by atoms with Gasteiger partial charge in [-0.2, -0.15) is 4.31 Å². The fourth-order valence-electron chi connectivity index (χ4n) is 3.25.